The average molecular weight is 268 g/mol. The lowest BCUT2D eigenvalue weighted by Crippen LogP contribution is -2.00. The molecule has 0 heterocycles. The second-order valence-electron chi connectivity index (χ2n) is 2.93. The minimum absolute atomic E-state index is 0.145. The monoisotopic (exact) mass is 267 g/mol. The van der Waals surface area contributed by atoms with E-state index in [2.05, 4.69) is 15.9 Å². The Balaban J connectivity index is 3.33. The van der Waals surface area contributed by atoms with Gasteiger partial charge in [0.25, 0.3) is 0 Å². The van der Waals surface area contributed by atoms with Gasteiger partial charge in [-0.05, 0) is 41.9 Å². The van der Waals surface area contributed by atoms with E-state index in [0.29, 0.717) is 28.0 Å². The van der Waals surface area contributed by atoms with Crippen LogP contribution in [0.25, 0.3) is 0 Å². The number of hydrogen-bond donors (Lipinski definition) is 0. The van der Waals surface area contributed by atoms with Crippen molar-refractivity contribution in [3.63, 3.8) is 0 Å². The topological polar surface area (TPSA) is 50.1 Å². The Kier molecular flexibility index (Phi) is 3.87. The van der Waals surface area contributed by atoms with Crippen LogP contribution >= 0.6 is 15.9 Å². The van der Waals surface area contributed by atoms with Crippen molar-refractivity contribution in [2.75, 3.05) is 6.61 Å². The number of halogens is 1. The second-order valence-corrected chi connectivity index (χ2v) is 3.78. The van der Waals surface area contributed by atoms with Crippen molar-refractivity contribution in [3.8, 4) is 11.8 Å². The van der Waals surface area contributed by atoms with Gasteiger partial charge in [0.05, 0.1) is 12.2 Å². The van der Waals surface area contributed by atoms with Gasteiger partial charge in [0.2, 0.25) is 0 Å². The van der Waals surface area contributed by atoms with Gasteiger partial charge < -0.3 is 4.74 Å². The number of nitriles is 1. The molecule has 0 radical (unpaired) electrons. The molecular weight excluding hydrogens is 258 g/mol. The molecule has 1 aromatic carbocycles. The van der Waals surface area contributed by atoms with Crippen LogP contribution in [0, 0.1) is 11.3 Å². The molecule has 4 heteroatoms. The zero-order chi connectivity index (χ0) is 11.4. The highest BCUT2D eigenvalue weighted by Crippen LogP contribution is 2.27. The Hall–Kier alpha value is -1.34. The lowest BCUT2D eigenvalue weighted by atomic mass is 10.1. The van der Waals surface area contributed by atoms with Crippen LogP contribution in [0.3, 0.4) is 0 Å². The molecule has 0 aliphatic rings. The van der Waals surface area contributed by atoms with Crippen molar-refractivity contribution in [1.82, 2.24) is 0 Å². The molecule has 0 aliphatic heterocycles. The van der Waals surface area contributed by atoms with Crippen LogP contribution < -0.4 is 4.74 Å². The molecule has 0 amide bonds. The smallest absolute Gasteiger partial charge is 0.161 e. The number of rotatable bonds is 3. The number of carbonyl (C=O) groups is 1. The van der Waals surface area contributed by atoms with Crippen molar-refractivity contribution in [3.05, 3.63) is 27.7 Å². The molecule has 1 rings (SSSR count). The third kappa shape index (κ3) is 2.57. The Morgan fingerprint density at radius 2 is 2.27 bits per heavy atom. The summed E-state index contributed by atoms with van der Waals surface area (Å²) < 4.78 is 5.87. The zero-order valence-electron chi connectivity index (χ0n) is 8.50. The molecule has 0 saturated heterocycles. The quantitative estimate of drug-likeness (QED) is 0.792. The molecule has 1 aromatic rings. The van der Waals surface area contributed by atoms with Gasteiger partial charge in [-0.15, -0.1) is 0 Å². The summed E-state index contributed by atoms with van der Waals surface area (Å²) in [6.45, 7) is 3.81. The maximum absolute atomic E-state index is 11.3. The Labute approximate surface area is 96.8 Å². The first-order valence-electron chi connectivity index (χ1n) is 4.47. The van der Waals surface area contributed by atoms with E-state index in [4.69, 9.17) is 10.00 Å². The van der Waals surface area contributed by atoms with Crippen molar-refractivity contribution in [2.45, 2.75) is 13.8 Å². The third-order valence-electron chi connectivity index (χ3n) is 1.87. The summed E-state index contributed by atoms with van der Waals surface area (Å²) in [5.41, 5.74) is 0.737. The van der Waals surface area contributed by atoms with Gasteiger partial charge >= 0.3 is 0 Å². The number of carbonyl (C=O) groups excluding carboxylic acids is 1. The fourth-order valence-corrected chi connectivity index (χ4v) is 1.75. The first kappa shape index (κ1) is 11.7. The summed E-state index contributed by atoms with van der Waals surface area (Å²) in [6.07, 6.45) is 0. The predicted octanol–water partition coefficient (Wildman–Crippen LogP) is 2.92. The summed E-state index contributed by atoms with van der Waals surface area (Å²) >= 11 is 3.24. The van der Waals surface area contributed by atoms with Gasteiger partial charge in [-0.3, -0.25) is 4.79 Å². The van der Waals surface area contributed by atoms with Gasteiger partial charge in [-0.2, -0.15) is 5.26 Å². The van der Waals surface area contributed by atoms with Crippen LogP contribution in [-0.4, -0.2) is 12.4 Å². The van der Waals surface area contributed by atoms with Crippen LogP contribution in [-0.2, 0) is 0 Å². The highest BCUT2D eigenvalue weighted by molar-refractivity contribution is 9.10. The summed E-state index contributed by atoms with van der Waals surface area (Å²) in [5.74, 6) is 0.447. The van der Waals surface area contributed by atoms with Crippen molar-refractivity contribution in [2.24, 2.45) is 0 Å². The van der Waals surface area contributed by atoms with Crippen molar-refractivity contribution in [1.29, 1.82) is 5.26 Å². The molecule has 0 saturated carbocycles. The first-order valence-corrected chi connectivity index (χ1v) is 5.26. The standard InChI is InChI=1S/C11H10BrNO2/c1-3-15-8-4-9(7(2)14)10(6-13)11(12)5-8/h4-5H,3H2,1-2H3. The van der Waals surface area contributed by atoms with Crippen molar-refractivity contribution < 1.29 is 9.53 Å². The average Bonchev–Trinajstić information content (AvgIpc) is 2.17. The Morgan fingerprint density at radius 3 is 2.73 bits per heavy atom. The molecule has 0 N–H and O–H groups in total. The van der Waals surface area contributed by atoms with E-state index in [1.165, 1.54) is 6.92 Å². The highest BCUT2D eigenvalue weighted by atomic mass is 79.9. The largest absolute Gasteiger partial charge is 0.494 e. The summed E-state index contributed by atoms with van der Waals surface area (Å²) in [5, 5.41) is 8.90. The molecule has 0 spiro atoms. The lowest BCUT2D eigenvalue weighted by molar-refractivity contribution is 0.101. The molecule has 0 aromatic heterocycles. The van der Waals surface area contributed by atoms with Gasteiger partial charge in [-0.25, -0.2) is 0 Å². The van der Waals surface area contributed by atoms with E-state index in [0.717, 1.165) is 0 Å². The molecule has 3 nitrogen and oxygen atoms in total. The summed E-state index contributed by atoms with van der Waals surface area (Å²) in [6, 6.07) is 5.27. The van der Waals surface area contributed by atoms with Crippen molar-refractivity contribution >= 4 is 21.7 Å². The van der Waals surface area contributed by atoms with Gasteiger partial charge in [0, 0.05) is 10.0 Å². The van der Waals surface area contributed by atoms with Crippen LogP contribution in [0.4, 0.5) is 0 Å². The first-order chi connectivity index (χ1) is 7.10. The SMILES string of the molecule is CCOc1cc(Br)c(C#N)c(C(C)=O)c1. The Bertz CT molecular complexity index is 435. The summed E-state index contributed by atoms with van der Waals surface area (Å²) in [4.78, 5) is 11.3. The fourth-order valence-electron chi connectivity index (χ4n) is 1.22. The number of ether oxygens (including phenoxy) is 1. The molecule has 78 valence electrons. The Morgan fingerprint density at radius 1 is 1.60 bits per heavy atom. The van der Waals surface area contributed by atoms with E-state index in [9.17, 15) is 4.79 Å². The van der Waals surface area contributed by atoms with Gasteiger partial charge in [0.1, 0.15) is 11.8 Å². The molecule has 0 fully saturated rings. The second kappa shape index (κ2) is 4.94. The summed E-state index contributed by atoms with van der Waals surface area (Å²) in [7, 11) is 0. The highest BCUT2D eigenvalue weighted by Gasteiger charge is 2.12. The minimum atomic E-state index is -0.145. The van der Waals surface area contributed by atoms with Crippen LogP contribution in [0.2, 0.25) is 0 Å². The van der Waals surface area contributed by atoms with E-state index in [-0.39, 0.29) is 5.78 Å². The van der Waals surface area contributed by atoms with Crippen LogP contribution in [0.5, 0.6) is 5.75 Å². The number of benzene rings is 1. The van der Waals surface area contributed by atoms with Gasteiger partial charge in [-0.1, -0.05) is 0 Å². The van der Waals surface area contributed by atoms with E-state index in [1.54, 1.807) is 12.1 Å². The molecule has 0 aliphatic carbocycles. The number of nitrogens with zero attached hydrogens (tertiary/aromatic N) is 1. The maximum atomic E-state index is 11.3. The molecule has 15 heavy (non-hydrogen) atoms. The fraction of sp³-hybridized carbons (Fsp3) is 0.273. The zero-order valence-corrected chi connectivity index (χ0v) is 10.1. The van der Waals surface area contributed by atoms with E-state index in [1.807, 2.05) is 13.0 Å². The minimum Gasteiger partial charge on any atom is -0.494 e. The third-order valence-corrected chi connectivity index (χ3v) is 2.49. The number of Topliss-reactive ketones (excluding diaryl/α,β-unsaturated/α-hetero) is 1. The molecule has 0 bridgehead atoms. The number of hydrogen-bond acceptors (Lipinski definition) is 3. The van der Waals surface area contributed by atoms with E-state index < -0.39 is 0 Å². The number of ketones is 1. The normalized spacial score (nSPS) is 9.47. The lowest BCUT2D eigenvalue weighted by Gasteiger charge is -2.07. The van der Waals surface area contributed by atoms with Gasteiger partial charge in [0.15, 0.2) is 5.78 Å². The van der Waals surface area contributed by atoms with Crippen LogP contribution in [0.1, 0.15) is 29.8 Å². The van der Waals surface area contributed by atoms with E-state index >= 15 is 0 Å². The molecule has 0 unspecified atom stereocenters. The van der Waals surface area contributed by atoms with Crippen LogP contribution in [0.15, 0.2) is 16.6 Å². The molecule has 0 atom stereocenters. The molecular formula is C11H10BrNO2. The maximum Gasteiger partial charge on any atom is 0.161 e. The predicted molar refractivity (Wildman–Crippen MR) is 60.0 cm³/mol.